The van der Waals surface area contributed by atoms with Gasteiger partial charge in [-0.25, -0.2) is 10.4 Å². The number of hydrogen-bond donors (Lipinski definition) is 2. The largest absolute Gasteiger partial charge is 0.319 e. The van der Waals surface area contributed by atoms with Gasteiger partial charge in [0.15, 0.2) is 0 Å². The predicted octanol–water partition coefficient (Wildman–Crippen LogP) is 3.90. The first-order chi connectivity index (χ1) is 14.2. The number of aromatic nitrogens is 2. The Kier molecular flexibility index (Phi) is 4.22. The van der Waals surface area contributed by atoms with E-state index in [0.717, 1.165) is 22.3 Å². The Labute approximate surface area is 168 Å². The summed E-state index contributed by atoms with van der Waals surface area (Å²) in [5.41, 5.74) is 6.99. The Morgan fingerprint density at radius 2 is 1.55 bits per heavy atom. The Hall–Kier alpha value is -3.70. The molecule has 2 heterocycles. The number of hydrazine groups is 1. The Morgan fingerprint density at radius 3 is 2.34 bits per heavy atom. The van der Waals surface area contributed by atoms with Crippen molar-refractivity contribution in [3.05, 3.63) is 119 Å². The van der Waals surface area contributed by atoms with Crippen molar-refractivity contribution in [1.29, 1.82) is 0 Å². The topological polar surface area (TPSA) is 61.0 Å². The standard InChI is InChI=1S/C24H20N4O/c29-23-22(25-20-13-7-8-14-21(20)26-23)17-24(18-9-3-1-4-10-18)15-16-28(27-24)19-11-5-2-6-12-19/h1-16,27H,17H2,(H,26,29). The second-order valence-corrected chi connectivity index (χ2v) is 7.18. The molecule has 0 radical (unpaired) electrons. The second-order valence-electron chi connectivity index (χ2n) is 7.18. The van der Waals surface area contributed by atoms with E-state index < -0.39 is 5.54 Å². The average molecular weight is 380 g/mol. The summed E-state index contributed by atoms with van der Waals surface area (Å²) in [6.45, 7) is 0. The van der Waals surface area contributed by atoms with Crippen LogP contribution in [0.1, 0.15) is 11.3 Å². The zero-order chi connectivity index (χ0) is 19.7. The van der Waals surface area contributed by atoms with Crippen LogP contribution in [0.15, 0.2) is 102 Å². The maximum Gasteiger partial charge on any atom is 0.270 e. The summed E-state index contributed by atoms with van der Waals surface area (Å²) in [5, 5.41) is 1.99. The number of H-pyrrole nitrogens is 1. The Balaban J connectivity index is 1.57. The molecule has 2 N–H and O–H groups in total. The molecular weight excluding hydrogens is 360 g/mol. The van der Waals surface area contributed by atoms with E-state index in [9.17, 15) is 4.79 Å². The lowest BCUT2D eigenvalue weighted by atomic mass is 9.86. The maximum absolute atomic E-state index is 12.8. The van der Waals surface area contributed by atoms with E-state index in [-0.39, 0.29) is 5.56 Å². The molecule has 1 unspecified atom stereocenters. The SMILES string of the molecule is O=c1[nH]c2ccccc2nc1CC1(c2ccccc2)C=CN(c2ccccc2)N1. The van der Waals surface area contributed by atoms with Gasteiger partial charge in [-0.2, -0.15) is 0 Å². The summed E-state index contributed by atoms with van der Waals surface area (Å²) in [6, 6.07) is 27.8. The minimum Gasteiger partial charge on any atom is -0.319 e. The van der Waals surface area contributed by atoms with Crippen LogP contribution in [0.25, 0.3) is 11.0 Å². The molecule has 0 fully saturated rings. The summed E-state index contributed by atoms with van der Waals surface area (Å²) < 4.78 is 0. The van der Waals surface area contributed by atoms with E-state index in [4.69, 9.17) is 0 Å². The van der Waals surface area contributed by atoms with Crippen molar-refractivity contribution in [2.75, 3.05) is 5.01 Å². The number of fused-ring (bicyclic) bond motifs is 1. The van der Waals surface area contributed by atoms with E-state index in [1.165, 1.54) is 0 Å². The van der Waals surface area contributed by atoms with E-state index in [1.807, 2.05) is 84.0 Å². The quantitative estimate of drug-likeness (QED) is 0.564. The minimum absolute atomic E-state index is 0.160. The summed E-state index contributed by atoms with van der Waals surface area (Å²) in [5.74, 6) is 0. The molecule has 142 valence electrons. The van der Waals surface area contributed by atoms with Gasteiger partial charge in [0.2, 0.25) is 0 Å². The highest BCUT2D eigenvalue weighted by Gasteiger charge is 2.37. The average Bonchev–Trinajstić information content (AvgIpc) is 3.21. The second kappa shape index (κ2) is 7.04. The highest BCUT2D eigenvalue weighted by atomic mass is 16.1. The van der Waals surface area contributed by atoms with Crippen molar-refractivity contribution >= 4 is 16.7 Å². The number of aromatic amines is 1. The van der Waals surface area contributed by atoms with Crippen molar-refractivity contribution in [2.24, 2.45) is 0 Å². The third-order valence-electron chi connectivity index (χ3n) is 5.27. The number of nitrogens with one attached hydrogen (secondary N) is 2. The van der Waals surface area contributed by atoms with Crippen LogP contribution in [0.4, 0.5) is 5.69 Å². The zero-order valence-corrected chi connectivity index (χ0v) is 15.7. The van der Waals surface area contributed by atoms with Gasteiger partial charge in [0, 0.05) is 12.6 Å². The minimum atomic E-state index is -0.570. The van der Waals surface area contributed by atoms with Gasteiger partial charge < -0.3 is 4.98 Å². The van der Waals surface area contributed by atoms with Crippen molar-refractivity contribution in [3.63, 3.8) is 0 Å². The van der Waals surface area contributed by atoms with Crippen LogP contribution < -0.4 is 16.0 Å². The van der Waals surface area contributed by atoms with Gasteiger partial charge in [-0.1, -0.05) is 60.7 Å². The van der Waals surface area contributed by atoms with Gasteiger partial charge in [-0.15, -0.1) is 0 Å². The van der Waals surface area contributed by atoms with E-state index in [0.29, 0.717) is 12.1 Å². The number of benzene rings is 3. The highest BCUT2D eigenvalue weighted by Crippen LogP contribution is 2.32. The smallest absolute Gasteiger partial charge is 0.270 e. The molecule has 5 nitrogen and oxygen atoms in total. The normalized spacial score (nSPS) is 18.4. The fourth-order valence-corrected chi connectivity index (χ4v) is 3.78. The van der Waals surface area contributed by atoms with Crippen molar-refractivity contribution in [1.82, 2.24) is 15.4 Å². The molecule has 1 atom stereocenters. The monoisotopic (exact) mass is 380 g/mol. The number of para-hydroxylation sites is 3. The molecule has 1 aliphatic rings. The summed E-state index contributed by atoms with van der Waals surface area (Å²) in [4.78, 5) is 20.4. The van der Waals surface area contributed by atoms with Crippen LogP contribution in [-0.2, 0) is 12.0 Å². The molecule has 0 bridgehead atoms. The Bertz CT molecular complexity index is 1230. The van der Waals surface area contributed by atoms with E-state index in [2.05, 4.69) is 33.6 Å². The first-order valence-corrected chi connectivity index (χ1v) is 9.58. The van der Waals surface area contributed by atoms with Crippen LogP contribution in [0.2, 0.25) is 0 Å². The van der Waals surface area contributed by atoms with E-state index >= 15 is 0 Å². The van der Waals surface area contributed by atoms with Crippen molar-refractivity contribution in [2.45, 2.75) is 12.0 Å². The van der Waals surface area contributed by atoms with E-state index in [1.54, 1.807) is 0 Å². The van der Waals surface area contributed by atoms with Gasteiger partial charge in [0.05, 0.1) is 22.3 Å². The molecule has 1 aliphatic heterocycles. The number of anilines is 1. The van der Waals surface area contributed by atoms with Crippen LogP contribution in [-0.4, -0.2) is 9.97 Å². The van der Waals surface area contributed by atoms with Gasteiger partial charge in [-0.3, -0.25) is 9.80 Å². The lowest BCUT2D eigenvalue weighted by Crippen LogP contribution is -2.47. The van der Waals surface area contributed by atoms with Crippen molar-refractivity contribution in [3.8, 4) is 0 Å². The third kappa shape index (κ3) is 3.22. The van der Waals surface area contributed by atoms with Crippen LogP contribution in [0.5, 0.6) is 0 Å². The van der Waals surface area contributed by atoms with Crippen LogP contribution >= 0.6 is 0 Å². The number of hydrogen-bond acceptors (Lipinski definition) is 4. The lowest BCUT2D eigenvalue weighted by Gasteiger charge is -2.31. The molecule has 1 aromatic heterocycles. The molecule has 4 aromatic rings. The number of rotatable bonds is 4. The first-order valence-electron chi connectivity index (χ1n) is 9.58. The van der Waals surface area contributed by atoms with Gasteiger partial charge >= 0.3 is 0 Å². The summed E-state index contributed by atoms with van der Waals surface area (Å²) in [7, 11) is 0. The summed E-state index contributed by atoms with van der Waals surface area (Å²) in [6.07, 6.45) is 4.54. The highest BCUT2D eigenvalue weighted by molar-refractivity contribution is 5.73. The van der Waals surface area contributed by atoms with Gasteiger partial charge in [0.1, 0.15) is 5.69 Å². The van der Waals surface area contributed by atoms with Crippen molar-refractivity contribution < 1.29 is 0 Å². The molecule has 0 amide bonds. The lowest BCUT2D eigenvalue weighted by molar-refractivity contribution is 0.437. The summed E-state index contributed by atoms with van der Waals surface area (Å²) >= 11 is 0. The molecule has 0 spiro atoms. The fraction of sp³-hybridized carbons (Fsp3) is 0.0833. The molecule has 29 heavy (non-hydrogen) atoms. The van der Waals surface area contributed by atoms with Gasteiger partial charge in [-0.05, 0) is 35.9 Å². The fourth-order valence-electron chi connectivity index (χ4n) is 3.78. The molecule has 5 rings (SSSR count). The number of nitrogens with zero attached hydrogens (tertiary/aromatic N) is 2. The van der Waals surface area contributed by atoms with Crippen LogP contribution in [0.3, 0.4) is 0 Å². The Morgan fingerprint density at radius 1 is 0.862 bits per heavy atom. The van der Waals surface area contributed by atoms with Crippen LogP contribution in [0, 0.1) is 0 Å². The first kappa shape index (κ1) is 17.4. The maximum atomic E-state index is 12.8. The molecule has 0 saturated heterocycles. The predicted molar refractivity (Wildman–Crippen MR) is 115 cm³/mol. The van der Waals surface area contributed by atoms with Gasteiger partial charge in [0.25, 0.3) is 5.56 Å². The third-order valence-corrected chi connectivity index (χ3v) is 5.27. The molecule has 3 aromatic carbocycles. The molecular formula is C24H20N4O. The molecule has 0 aliphatic carbocycles. The zero-order valence-electron chi connectivity index (χ0n) is 15.7. The molecule has 5 heteroatoms. The molecule has 0 saturated carbocycles.